The van der Waals surface area contributed by atoms with Crippen LogP contribution in [0.4, 0.5) is 0 Å². The van der Waals surface area contributed by atoms with Gasteiger partial charge in [0.1, 0.15) is 18.1 Å². The fourth-order valence-corrected chi connectivity index (χ4v) is 2.94. The molecule has 9 N–H and O–H groups in total. The van der Waals surface area contributed by atoms with E-state index >= 15 is 0 Å². The summed E-state index contributed by atoms with van der Waals surface area (Å²) >= 11 is 3.84. The van der Waals surface area contributed by atoms with Crippen molar-refractivity contribution < 1.29 is 34.2 Å². The number of aliphatic carboxylic acids is 1. The van der Waals surface area contributed by atoms with E-state index in [1.807, 2.05) is 0 Å². The second-order valence-electron chi connectivity index (χ2n) is 7.19. The smallest absolute Gasteiger partial charge is 0.327 e. The Morgan fingerprint density at radius 2 is 1.45 bits per heavy atom. The molecule has 0 spiro atoms. The van der Waals surface area contributed by atoms with Crippen LogP contribution in [-0.4, -0.2) is 76.3 Å². The van der Waals surface area contributed by atoms with Gasteiger partial charge in [0.2, 0.25) is 23.6 Å². The number of primary amides is 1. The summed E-state index contributed by atoms with van der Waals surface area (Å²) in [5.41, 5.74) is 11.5. The number of benzene rings is 1. The quantitative estimate of drug-likeness (QED) is 0.130. The van der Waals surface area contributed by atoms with E-state index in [1.165, 1.54) is 0 Å². The normalized spacial score (nSPS) is 14.3. The van der Waals surface area contributed by atoms with Gasteiger partial charge in [0.25, 0.3) is 0 Å². The molecule has 182 valence electrons. The average Bonchev–Trinajstić information content (AvgIpc) is 2.78. The van der Waals surface area contributed by atoms with Crippen LogP contribution >= 0.6 is 12.6 Å². The van der Waals surface area contributed by atoms with Gasteiger partial charge in [-0.1, -0.05) is 30.3 Å². The summed E-state index contributed by atoms with van der Waals surface area (Å²) in [6.07, 6.45) is -0.106. The van der Waals surface area contributed by atoms with E-state index in [4.69, 9.17) is 16.6 Å². The van der Waals surface area contributed by atoms with Gasteiger partial charge in [-0.3, -0.25) is 19.2 Å². The molecule has 4 atom stereocenters. The van der Waals surface area contributed by atoms with Crippen molar-refractivity contribution in [3.8, 4) is 0 Å². The SMILES string of the molecule is NC(=O)CCC(N)C(=O)NC(Cc1ccccc1)C(=O)NC(CO)C(=O)NC(CS)C(=O)O. The third-order valence-corrected chi connectivity index (χ3v) is 4.93. The van der Waals surface area contributed by atoms with Crippen molar-refractivity contribution >= 4 is 42.2 Å². The molecule has 0 aromatic heterocycles. The minimum Gasteiger partial charge on any atom is -0.480 e. The molecule has 1 rings (SSSR count). The molecule has 1 aromatic carbocycles. The Morgan fingerprint density at radius 1 is 0.909 bits per heavy atom. The molecule has 4 unspecified atom stereocenters. The number of hydrogen-bond donors (Lipinski definition) is 8. The molecule has 0 aliphatic rings. The summed E-state index contributed by atoms with van der Waals surface area (Å²) in [5.74, 6) is -4.62. The number of amides is 4. The molecule has 1 aromatic rings. The number of aliphatic hydroxyl groups is 1. The van der Waals surface area contributed by atoms with Crippen LogP contribution in [0.1, 0.15) is 18.4 Å². The number of carboxylic acids is 1. The number of nitrogens with one attached hydrogen (secondary N) is 3. The van der Waals surface area contributed by atoms with E-state index in [1.54, 1.807) is 30.3 Å². The summed E-state index contributed by atoms with van der Waals surface area (Å²) in [6, 6.07) is 3.60. The average molecular weight is 484 g/mol. The van der Waals surface area contributed by atoms with Crippen LogP contribution in [0.5, 0.6) is 0 Å². The lowest BCUT2D eigenvalue weighted by atomic mass is 10.0. The number of rotatable bonds is 14. The summed E-state index contributed by atoms with van der Waals surface area (Å²) in [7, 11) is 0. The van der Waals surface area contributed by atoms with Crippen LogP contribution < -0.4 is 27.4 Å². The van der Waals surface area contributed by atoms with Gasteiger partial charge in [-0.15, -0.1) is 0 Å². The lowest BCUT2D eigenvalue weighted by Gasteiger charge is -2.24. The topological polar surface area (TPSA) is 214 Å². The van der Waals surface area contributed by atoms with Gasteiger partial charge >= 0.3 is 5.97 Å². The molecule has 0 heterocycles. The summed E-state index contributed by atoms with van der Waals surface area (Å²) in [5, 5.41) is 25.5. The summed E-state index contributed by atoms with van der Waals surface area (Å²) < 4.78 is 0. The van der Waals surface area contributed by atoms with Gasteiger partial charge < -0.3 is 37.6 Å². The molecule has 33 heavy (non-hydrogen) atoms. The number of nitrogens with two attached hydrogens (primary N) is 2. The fraction of sp³-hybridized carbons (Fsp3) is 0.450. The van der Waals surface area contributed by atoms with Crippen LogP contribution in [0.25, 0.3) is 0 Å². The summed E-state index contributed by atoms with van der Waals surface area (Å²) in [4.78, 5) is 59.6. The van der Waals surface area contributed by atoms with E-state index in [0.29, 0.717) is 5.56 Å². The monoisotopic (exact) mass is 483 g/mol. The van der Waals surface area contributed by atoms with Crippen molar-refractivity contribution in [1.29, 1.82) is 0 Å². The van der Waals surface area contributed by atoms with E-state index in [2.05, 4.69) is 28.6 Å². The molecular formula is C20H29N5O7S. The molecule has 0 saturated carbocycles. The van der Waals surface area contributed by atoms with E-state index in [-0.39, 0.29) is 25.0 Å². The molecule has 12 nitrogen and oxygen atoms in total. The number of hydrogen-bond acceptors (Lipinski definition) is 8. The zero-order valence-corrected chi connectivity index (χ0v) is 18.7. The molecule has 0 fully saturated rings. The minimum absolute atomic E-state index is 0.0250. The molecule has 0 radical (unpaired) electrons. The van der Waals surface area contributed by atoms with Crippen molar-refractivity contribution in [1.82, 2.24) is 16.0 Å². The van der Waals surface area contributed by atoms with Crippen LogP contribution in [0.2, 0.25) is 0 Å². The molecule has 13 heteroatoms. The molecular weight excluding hydrogens is 454 g/mol. The Hall–Kier alpha value is -3.16. The van der Waals surface area contributed by atoms with E-state index < -0.39 is 60.4 Å². The molecule has 0 saturated heterocycles. The predicted molar refractivity (Wildman–Crippen MR) is 121 cm³/mol. The third kappa shape index (κ3) is 9.89. The van der Waals surface area contributed by atoms with Gasteiger partial charge in [0.05, 0.1) is 12.6 Å². The first-order chi connectivity index (χ1) is 15.6. The predicted octanol–water partition coefficient (Wildman–Crippen LogP) is -2.72. The highest BCUT2D eigenvalue weighted by Crippen LogP contribution is 2.05. The molecule has 0 bridgehead atoms. The number of carboxylic acid groups (broad SMARTS) is 1. The first-order valence-corrected chi connectivity index (χ1v) is 10.7. The molecule has 4 amide bonds. The second kappa shape index (κ2) is 14.1. The van der Waals surface area contributed by atoms with Gasteiger partial charge in [-0.05, 0) is 12.0 Å². The van der Waals surface area contributed by atoms with E-state index in [0.717, 1.165) is 0 Å². The Labute approximate surface area is 195 Å². The summed E-state index contributed by atoms with van der Waals surface area (Å²) in [6.45, 7) is -0.819. The highest BCUT2D eigenvalue weighted by molar-refractivity contribution is 7.80. The lowest BCUT2D eigenvalue weighted by molar-refractivity contribution is -0.142. The van der Waals surface area contributed by atoms with Crippen LogP contribution in [0, 0.1) is 0 Å². The Morgan fingerprint density at radius 3 is 1.97 bits per heavy atom. The Kier molecular flexibility index (Phi) is 11.9. The van der Waals surface area contributed by atoms with Crippen molar-refractivity contribution in [2.45, 2.75) is 43.4 Å². The number of carbonyl (C=O) groups excluding carboxylic acids is 4. The maximum atomic E-state index is 12.9. The van der Waals surface area contributed by atoms with E-state index in [9.17, 15) is 29.1 Å². The van der Waals surface area contributed by atoms with Gasteiger partial charge in [0, 0.05) is 18.6 Å². The fourth-order valence-electron chi connectivity index (χ4n) is 2.69. The minimum atomic E-state index is -1.47. The number of aliphatic hydroxyl groups excluding tert-OH is 1. The van der Waals surface area contributed by atoms with Gasteiger partial charge in [0.15, 0.2) is 0 Å². The standard InChI is InChI=1S/C20H29N5O7S/c21-12(6-7-16(22)27)17(28)23-13(8-11-4-2-1-3-5-11)18(29)24-14(9-26)19(30)25-15(10-33)20(31)32/h1-5,12-15,26,33H,6-10,21H2,(H2,22,27)(H,23,28)(H,24,29)(H,25,30)(H,31,32). The number of carbonyl (C=O) groups is 5. The largest absolute Gasteiger partial charge is 0.480 e. The van der Waals surface area contributed by atoms with Crippen molar-refractivity contribution in [2.75, 3.05) is 12.4 Å². The highest BCUT2D eigenvalue weighted by Gasteiger charge is 2.30. The van der Waals surface area contributed by atoms with Crippen molar-refractivity contribution in [3.63, 3.8) is 0 Å². The van der Waals surface area contributed by atoms with Crippen LogP contribution in [-0.2, 0) is 30.4 Å². The van der Waals surface area contributed by atoms with Crippen LogP contribution in [0.3, 0.4) is 0 Å². The maximum absolute atomic E-state index is 12.9. The Balaban J connectivity index is 2.95. The van der Waals surface area contributed by atoms with Gasteiger partial charge in [-0.25, -0.2) is 4.79 Å². The van der Waals surface area contributed by atoms with Crippen molar-refractivity contribution in [3.05, 3.63) is 35.9 Å². The Bertz CT molecular complexity index is 839. The highest BCUT2D eigenvalue weighted by atomic mass is 32.1. The zero-order valence-electron chi connectivity index (χ0n) is 17.8. The molecule has 0 aliphatic carbocycles. The number of thiol groups is 1. The third-order valence-electron chi connectivity index (χ3n) is 4.57. The molecule has 0 aliphatic heterocycles. The second-order valence-corrected chi connectivity index (χ2v) is 7.55. The first kappa shape index (κ1) is 27.9. The van der Waals surface area contributed by atoms with Crippen LogP contribution in [0.15, 0.2) is 30.3 Å². The lowest BCUT2D eigenvalue weighted by Crippen LogP contribution is -2.58. The zero-order chi connectivity index (χ0) is 25.0. The van der Waals surface area contributed by atoms with Crippen molar-refractivity contribution in [2.24, 2.45) is 11.5 Å². The first-order valence-electron chi connectivity index (χ1n) is 10.0. The maximum Gasteiger partial charge on any atom is 0.327 e. The van der Waals surface area contributed by atoms with Gasteiger partial charge in [-0.2, -0.15) is 12.6 Å².